The number of carbonyl (C=O) groups is 2. The highest BCUT2D eigenvalue weighted by molar-refractivity contribution is 6.01. The fourth-order valence-corrected chi connectivity index (χ4v) is 3.96. The average molecular weight is 299 g/mol. The summed E-state index contributed by atoms with van der Waals surface area (Å²) in [7, 11) is 0. The molecular formula is C17H21N3O2. The van der Waals surface area contributed by atoms with E-state index in [1.54, 1.807) is 4.90 Å². The summed E-state index contributed by atoms with van der Waals surface area (Å²) in [5.41, 5.74) is 2.07. The number of benzene rings is 1. The number of nitrogens with one attached hydrogen (secondary N) is 1. The van der Waals surface area contributed by atoms with Crippen molar-refractivity contribution in [3.8, 4) is 0 Å². The maximum Gasteiger partial charge on any atom is 0.242 e. The van der Waals surface area contributed by atoms with Crippen LogP contribution in [-0.2, 0) is 16.0 Å². The van der Waals surface area contributed by atoms with Crippen LogP contribution in [0.15, 0.2) is 24.3 Å². The van der Waals surface area contributed by atoms with Gasteiger partial charge in [-0.2, -0.15) is 0 Å². The Hall–Kier alpha value is -1.88. The molecule has 5 nitrogen and oxygen atoms in total. The zero-order valence-corrected chi connectivity index (χ0v) is 12.6. The summed E-state index contributed by atoms with van der Waals surface area (Å²) in [5.74, 6) is 1.33. The van der Waals surface area contributed by atoms with E-state index in [1.807, 2.05) is 29.2 Å². The number of hydrogen-bond donors (Lipinski definition) is 1. The number of likely N-dealkylation sites (tertiary alicyclic amines) is 1. The highest BCUT2D eigenvalue weighted by Gasteiger charge is 2.39. The molecule has 1 aromatic rings. The fourth-order valence-electron chi connectivity index (χ4n) is 3.96. The number of para-hydroxylation sites is 1. The van der Waals surface area contributed by atoms with E-state index in [4.69, 9.17) is 0 Å². The van der Waals surface area contributed by atoms with E-state index in [1.165, 1.54) is 0 Å². The highest BCUT2D eigenvalue weighted by atomic mass is 16.2. The molecule has 3 aliphatic heterocycles. The van der Waals surface area contributed by atoms with Gasteiger partial charge in [0.25, 0.3) is 0 Å². The first-order valence-corrected chi connectivity index (χ1v) is 8.09. The van der Waals surface area contributed by atoms with Crippen molar-refractivity contribution in [1.29, 1.82) is 0 Å². The second kappa shape index (κ2) is 5.39. The molecule has 2 amide bonds. The Morgan fingerprint density at radius 1 is 1.14 bits per heavy atom. The summed E-state index contributed by atoms with van der Waals surface area (Å²) in [6, 6.07) is 7.91. The summed E-state index contributed by atoms with van der Waals surface area (Å²) < 4.78 is 0. The van der Waals surface area contributed by atoms with E-state index in [-0.39, 0.29) is 18.4 Å². The minimum atomic E-state index is 0.0631. The third-order valence-corrected chi connectivity index (χ3v) is 5.23. The van der Waals surface area contributed by atoms with Gasteiger partial charge in [0.05, 0.1) is 0 Å². The summed E-state index contributed by atoms with van der Waals surface area (Å²) in [6.45, 7) is 3.88. The Kier molecular flexibility index (Phi) is 3.37. The van der Waals surface area contributed by atoms with Crippen molar-refractivity contribution in [3.05, 3.63) is 29.8 Å². The van der Waals surface area contributed by atoms with Crippen molar-refractivity contribution in [3.63, 3.8) is 0 Å². The van der Waals surface area contributed by atoms with E-state index in [0.29, 0.717) is 18.3 Å². The van der Waals surface area contributed by atoms with Gasteiger partial charge in [0.15, 0.2) is 0 Å². The molecule has 2 fully saturated rings. The lowest BCUT2D eigenvalue weighted by molar-refractivity contribution is -0.130. The minimum absolute atomic E-state index is 0.0631. The maximum atomic E-state index is 12.6. The SMILES string of the molecule is O=C(CN1C(=O)CCc2ccccc21)N1C[C@H]2CNC[C@H]2C1. The third kappa shape index (κ3) is 2.29. The lowest BCUT2D eigenvalue weighted by atomic mass is 10.0. The quantitative estimate of drug-likeness (QED) is 0.872. The van der Waals surface area contributed by atoms with Gasteiger partial charge in [0, 0.05) is 38.3 Å². The largest absolute Gasteiger partial charge is 0.340 e. The molecular weight excluding hydrogens is 278 g/mol. The van der Waals surface area contributed by atoms with Crippen LogP contribution in [0, 0.1) is 11.8 Å². The molecule has 4 rings (SSSR count). The second-order valence-corrected chi connectivity index (χ2v) is 6.59. The lowest BCUT2D eigenvalue weighted by Crippen LogP contribution is -2.44. The summed E-state index contributed by atoms with van der Waals surface area (Å²) in [4.78, 5) is 28.5. The van der Waals surface area contributed by atoms with Crippen LogP contribution in [0.1, 0.15) is 12.0 Å². The number of rotatable bonds is 2. The van der Waals surface area contributed by atoms with Crippen LogP contribution in [0.3, 0.4) is 0 Å². The van der Waals surface area contributed by atoms with Crippen molar-refractivity contribution in [1.82, 2.24) is 10.2 Å². The van der Waals surface area contributed by atoms with Crippen LogP contribution in [0.4, 0.5) is 5.69 Å². The standard InChI is InChI=1S/C17H21N3O2/c21-16-6-5-12-3-1-2-4-15(12)20(16)11-17(22)19-9-13-7-18-8-14(13)10-19/h1-4,13-14,18H,5-11H2/t13-,14+. The topological polar surface area (TPSA) is 52.7 Å². The van der Waals surface area contributed by atoms with Gasteiger partial charge >= 0.3 is 0 Å². The molecule has 1 N–H and O–H groups in total. The summed E-state index contributed by atoms with van der Waals surface area (Å²) in [6.07, 6.45) is 1.28. The van der Waals surface area contributed by atoms with Gasteiger partial charge in [-0.3, -0.25) is 9.59 Å². The average Bonchev–Trinajstić information content (AvgIpc) is 3.11. The number of aryl methyl sites for hydroxylation is 1. The molecule has 0 aromatic heterocycles. The Morgan fingerprint density at radius 2 is 1.86 bits per heavy atom. The lowest BCUT2D eigenvalue weighted by Gasteiger charge is -2.30. The van der Waals surface area contributed by atoms with Crippen LogP contribution in [0.25, 0.3) is 0 Å². The second-order valence-electron chi connectivity index (χ2n) is 6.59. The van der Waals surface area contributed by atoms with Crippen LogP contribution in [-0.4, -0.2) is 49.4 Å². The molecule has 22 heavy (non-hydrogen) atoms. The predicted molar refractivity (Wildman–Crippen MR) is 83.5 cm³/mol. The minimum Gasteiger partial charge on any atom is -0.340 e. The van der Waals surface area contributed by atoms with Crippen LogP contribution < -0.4 is 10.2 Å². The molecule has 0 saturated carbocycles. The number of carbonyl (C=O) groups excluding carboxylic acids is 2. The van der Waals surface area contributed by atoms with Crippen molar-refractivity contribution < 1.29 is 9.59 Å². The Bertz CT molecular complexity index is 604. The monoisotopic (exact) mass is 299 g/mol. The molecule has 0 aliphatic carbocycles. The molecule has 0 radical (unpaired) electrons. The summed E-state index contributed by atoms with van der Waals surface area (Å²) >= 11 is 0. The zero-order chi connectivity index (χ0) is 15.1. The molecule has 2 saturated heterocycles. The Labute approximate surface area is 130 Å². The first kappa shape index (κ1) is 13.8. The number of nitrogens with zero attached hydrogens (tertiary/aromatic N) is 2. The van der Waals surface area contributed by atoms with E-state index in [9.17, 15) is 9.59 Å². The van der Waals surface area contributed by atoms with Gasteiger partial charge in [-0.05, 0) is 29.9 Å². The van der Waals surface area contributed by atoms with Crippen molar-refractivity contribution in [2.75, 3.05) is 37.6 Å². The van der Waals surface area contributed by atoms with Gasteiger partial charge in [-0.25, -0.2) is 0 Å². The van der Waals surface area contributed by atoms with Crippen LogP contribution >= 0.6 is 0 Å². The van der Waals surface area contributed by atoms with Gasteiger partial charge in [0.1, 0.15) is 6.54 Å². The maximum absolute atomic E-state index is 12.6. The molecule has 3 heterocycles. The van der Waals surface area contributed by atoms with Gasteiger partial charge in [-0.1, -0.05) is 18.2 Å². The molecule has 2 atom stereocenters. The predicted octanol–water partition coefficient (Wildman–Crippen LogP) is 0.644. The van der Waals surface area contributed by atoms with Crippen molar-refractivity contribution >= 4 is 17.5 Å². The molecule has 5 heteroatoms. The number of hydrogen-bond acceptors (Lipinski definition) is 3. The van der Waals surface area contributed by atoms with Crippen molar-refractivity contribution in [2.24, 2.45) is 11.8 Å². The first-order valence-electron chi connectivity index (χ1n) is 8.09. The molecule has 3 aliphatic rings. The number of amides is 2. The van der Waals surface area contributed by atoms with Crippen LogP contribution in [0.5, 0.6) is 0 Å². The normalized spacial score (nSPS) is 27.0. The molecule has 116 valence electrons. The number of fused-ring (bicyclic) bond motifs is 2. The fraction of sp³-hybridized carbons (Fsp3) is 0.529. The zero-order valence-electron chi connectivity index (χ0n) is 12.6. The smallest absolute Gasteiger partial charge is 0.242 e. The third-order valence-electron chi connectivity index (χ3n) is 5.23. The van der Waals surface area contributed by atoms with E-state index in [2.05, 4.69) is 5.32 Å². The Morgan fingerprint density at radius 3 is 2.64 bits per heavy atom. The number of anilines is 1. The van der Waals surface area contributed by atoms with E-state index >= 15 is 0 Å². The van der Waals surface area contributed by atoms with Crippen molar-refractivity contribution in [2.45, 2.75) is 12.8 Å². The molecule has 0 unspecified atom stereocenters. The summed E-state index contributed by atoms with van der Waals surface area (Å²) in [5, 5.41) is 3.38. The molecule has 0 spiro atoms. The van der Waals surface area contributed by atoms with Gasteiger partial charge in [0.2, 0.25) is 11.8 Å². The Balaban J connectivity index is 1.49. The van der Waals surface area contributed by atoms with Crippen LogP contribution in [0.2, 0.25) is 0 Å². The highest BCUT2D eigenvalue weighted by Crippen LogP contribution is 2.29. The first-order chi connectivity index (χ1) is 10.7. The van der Waals surface area contributed by atoms with Gasteiger partial charge in [-0.15, -0.1) is 0 Å². The molecule has 0 bridgehead atoms. The van der Waals surface area contributed by atoms with E-state index in [0.717, 1.165) is 43.9 Å². The van der Waals surface area contributed by atoms with Gasteiger partial charge < -0.3 is 15.1 Å². The molecule has 1 aromatic carbocycles. The van der Waals surface area contributed by atoms with E-state index < -0.39 is 0 Å².